The van der Waals surface area contributed by atoms with Crippen LogP contribution in [-0.4, -0.2) is 11.1 Å². The second kappa shape index (κ2) is 3.57. The number of nitrogens with two attached hydrogens (primary N) is 1. The summed E-state index contributed by atoms with van der Waals surface area (Å²) >= 11 is 7.69. The lowest BCUT2D eigenvalue weighted by Crippen LogP contribution is -2.36. The van der Waals surface area contributed by atoms with Gasteiger partial charge in [-0.3, -0.25) is 0 Å². The van der Waals surface area contributed by atoms with Crippen LogP contribution in [0.2, 0.25) is 0 Å². The van der Waals surface area contributed by atoms with Crippen LogP contribution in [-0.2, 0) is 0 Å². The van der Waals surface area contributed by atoms with Crippen molar-refractivity contribution >= 4 is 23.1 Å². The summed E-state index contributed by atoms with van der Waals surface area (Å²) in [6, 6.07) is 4.06. The van der Waals surface area contributed by atoms with Gasteiger partial charge in [-0.2, -0.15) is 4.42 Å². The van der Waals surface area contributed by atoms with Crippen LogP contribution < -0.4 is 11.1 Å². The molecular weight excluding hydrogens is 206 g/mol. The minimum absolute atomic E-state index is 0.0166. The van der Waals surface area contributed by atoms with Crippen LogP contribution >= 0.6 is 23.1 Å². The summed E-state index contributed by atoms with van der Waals surface area (Å²) in [6.45, 7) is 0.616. The van der Waals surface area contributed by atoms with E-state index >= 15 is 0 Å². The molecule has 0 spiro atoms. The van der Waals surface area contributed by atoms with E-state index in [9.17, 15) is 0 Å². The highest BCUT2D eigenvalue weighted by molar-refractivity contribution is 7.10. The van der Waals surface area contributed by atoms with Crippen molar-refractivity contribution in [3.05, 3.63) is 34.3 Å². The van der Waals surface area contributed by atoms with Crippen molar-refractivity contribution in [2.24, 2.45) is 5.73 Å². The van der Waals surface area contributed by atoms with Crippen molar-refractivity contribution in [1.29, 1.82) is 0 Å². The number of nitrogens with one attached hydrogen (secondary N) is 1. The number of thiophene rings is 1. The Morgan fingerprint density at radius 1 is 1.69 bits per heavy atom. The van der Waals surface area contributed by atoms with Gasteiger partial charge in [-0.05, 0) is 23.2 Å². The Bertz CT molecular complexity index is 309. The highest BCUT2D eigenvalue weighted by Gasteiger charge is 2.24. The zero-order valence-corrected chi connectivity index (χ0v) is 8.48. The molecule has 1 aromatic rings. The van der Waals surface area contributed by atoms with Crippen molar-refractivity contribution < 1.29 is 0 Å². The topological polar surface area (TPSA) is 41.3 Å². The minimum Gasteiger partial charge on any atom is -0.399 e. The van der Waals surface area contributed by atoms with Crippen LogP contribution in [0.4, 0.5) is 0 Å². The third kappa shape index (κ3) is 1.65. The van der Waals surface area contributed by atoms with Gasteiger partial charge < -0.3 is 11.1 Å². The first-order valence-corrected chi connectivity index (χ1v) is 5.15. The molecule has 3 nitrogen and oxygen atoms in total. The van der Waals surface area contributed by atoms with Crippen molar-refractivity contribution in [3.8, 4) is 0 Å². The fourth-order valence-corrected chi connectivity index (χ4v) is 2.54. The van der Waals surface area contributed by atoms with Crippen LogP contribution in [0, 0.1) is 0 Å². The fourth-order valence-electron chi connectivity index (χ4n) is 1.33. The monoisotopic (exact) mass is 215 g/mol. The van der Waals surface area contributed by atoms with Crippen LogP contribution in [0.15, 0.2) is 29.4 Å². The van der Waals surface area contributed by atoms with Crippen molar-refractivity contribution in [1.82, 2.24) is 9.74 Å². The van der Waals surface area contributed by atoms with Gasteiger partial charge in [0.2, 0.25) is 0 Å². The van der Waals surface area contributed by atoms with Crippen molar-refractivity contribution in [2.75, 3.05) is 6.67 Å². The van der Waals surface area contributed by atoms with E-state index in [2.05, 4.69) is 5.32 Å². The number of nitrogens with zero attached hydrogens (tertiary/aromatic N) is 1. The molecule has 0 amide bonds. The van der Waals surface area contributed by atoms with Crippen molar-refractivity contribution in [3.63, 3.8) is 0 Å². The Balaban J connectivity index is 2.30. The average Bonchev–Trinajstić information content (AvgIpc) is 2.57. The fraction of sp³-hybridized carbons (Fsp3) is 0.250. The molecular formula is C8H10ClN3S. The molecule has 2 heterocycles. The normalized spacial score (nSPS) is 23.8. The maximum absolute atomic E-state index is 6.03. The average molecular weight is 216 g/mol. The predicted octanol–water partition coefficient (Wildman–Crippen LogP) is 1.61. The Labute approximate surface area is 85.9 Å². The molecule has 1 aliphatic rings. The van der Waals surface area contributed by atoms with Gasteiger partial charge in [0, 0.05) is 16.8 Å². The third-order valence-corrected chi connectivity index (χ3v) is 3.16. The first-order valence-electron chi connectivity index (χ1n) is 3.94. The van der Waals surface area contributed by atoms with Crippen LogP contribution in [0.1, 0.15) is 10.9 Å². The smallest absolute Gasteiger partial charge is 0.102 e. The first kappa shape index (κ1) is 8.87. The van der Waals surface area contributed by atoms with Crippen molar-refractivity contribution in [2.45, 2.75) is 6.04 Å². The summed E-state index contributed by atoms with van der Waals surface area (Å²) in [7, 11) is 0. The molecule has 0 saturated carbocycles. The zero-order valence-electron chi connectivity index (χ0n) is 6.90. The molecule has 1 aliphatic heterocycles. The van der Waals surface area contributed by atoms with E-state index in [1.165, 1.54) is 4.88 Å². The molecule has 0 fully saturated rings. The number of halogens is 1. The summed E-state index contributed by atoms with van der Waals surface area (Å²) in [5.41, 5.74) is 6.59. The summed E-state index contributed by atoms with van der Waals surface area (Å²) in [6.07, 6.45) is 1.81. The largest absolute Gasteiger partial charge is 0.399 e. The van der Waals surface area contributed by atoms with Gasteiger partial charge in [0.25, 0.3) is 0 Å². The number of hydrogen-bond donors (Lipinski definition) is 2. The van der Waals surface area contributed by atoms with Gasteiger partial charge >= 0.3 is 0 Å². The van der Waals surface area contributed by atoms with E-state index < -0.39 is 0 Å². The maximum Gasteiger partial charge on any atom is 0.102 e. The van der Waals surface area contributed by atoms with Gasteiger partial charge in [0.05, 0.1) is 6.67 Å². The lowest BCUT2D eigenvalue weighted by atomic mass is 10.2. The summed E-state index contributed by atoms with van der Waals surface area (Å²) in [5, 5.41) is 5.01. The lowest BCUT2D eigenvalue weighted by Gasteiger charge is -2.28. The Hall–Kier alpha value is -0.710. The SMILES string of the molecule is NC1=CNCN(Cl)C1c1cccs1. The molecule has 13 heavy (non-hydrogen) atoms. The van der Waals surface area contributed by atoms with E-state index in [-0.39, 0.29) is 6.04 Å². The molecule has 0 aromatic carbocycles. The standard InChI is InChI=1S/C8H10ClN3S/c9-12-5-11-4-6(10)8(12)7-2-1-3-13-7/h1-4,8,11H,5,10H2. The van der Waals surface area contributed by atoms with Gasteiger partial charge in [0.15, 0.2) is 0 Å². The third-order valence-electron chi connectivity index (χ3n) is 1.92. The molecule has 5 heteroatoms. The second-order valence-corrected chi connectivity index (χ2v) is 4.24. The number of hydrogen-bond acceptors (Lipinski definition) is 4. The van der Waals surface area contributed by atoms with E-state index in [0.717, 1.165) is 5.70 Å². The van der Waals surface area contributed by atoms with E-state index in [1.807, 2.05) is 23.7 Å². The number of rotatable bonds is 1. The van der Waals surface area contributed by atoms with Gasteiger partial charge in [-0.1, -0.05) is 6.07 Å². The zero-order chi connectivity index (χ0) is 9.26. The summed E-state index contributed by atoms with van der Waals surface area (Å²) in [5.74, 6) is 0. The van der Waals surface area contributed by atoms with E-state index in [4.69, 9.17) is 17.5 Å². The van der Waals surface area contributed by atoms with Gasteiger partial charge in [-0.15, -0.1) is 11.3 Å². The second-order valence-electron chi connectivity index (χ2n) is 2.82. The minimum atomic E-state index is 0.0166. The Morgan fingerprint density at radius 3 is 3.15 bits per heavy atom. The predicted molar refractivity (Wildman–Crippen MR) is 55.0 cm³/mol. The quantitative estimate of drug-likeness (QED) is 0.700. The first-order chi connectivity index (χ1) is 6.29. The Kier molecular flexibility index (Phi) is 2.44. The van der Waals surface area contributed by atoms with Crippen LogP contribution in [0.5, 0.6) is 0 Å². The van der Waals surface area contributed by atoms with Gasteiger partial charge in [-0.25, -0.2) is 0 Å². The molecule has 1 aromatic heterocycles. The lowest BCUT2D eigenvalue weighted by molar-refractivity contribution is 0.350. The Morgan fingerprint density at radius 2 is 2.54 bits per heavy atom. The van der Waals surface area contributed by atoms with E-state index in [0.29, 0.717) is 6.67 Å². The molecule has 2 rings (SSSR count). The molecule has 3 N–H and O–H groups in total. The molecule has 0 radical (unpaired) electrons. The van der Waals surface area contributed by atoms with E-state index in [1.54, 1.807) is 15.8 Å². The maximum atomic E-state index is 6.03. The van der Waals surface area contributed by atoms with Crippen LogP contribution in [0.25, 0.3) is 0 Å². The molecule has 70 valence electrons. The van der Waals surface area contributed by atoms with Gasteiger partial charge in [0.1, 0.15) is 6.04 Å². The molecule has 1 atom stereocenters. The molecule has 0 bridgehead atoms. The highest BCUT2D eigenvalue weighted by Crippen LogP contribution is 2.31. The summed E-state index contributed by atoms with van der Waals surface area (Å²) in [4.78, 5) is 1.17. The molecule has 0 aliphatic carbocycles. The van der Waals surface area contributed by atoms with Crippen LogP contribution in [0.3, 0.4) is 0 Å². The highest BCUT2D eigenvalue weighted by atomic mass is 35.5. The summed E-state index contributed by atoms with van der Waals surface area (Å²) < 4.78 is 1.67. The molecule has 0 saturated heterocycles. The molecule has 1 unspecified atom stereocenters.